The van der Waals surface area contributed by atoms with E-state index >= 15 is 0 Å². The number of fused-ring (bicyclic) bond motifs is 1. The van der Waals surface area contributed by atoms with E-state index in [1.165, 1.54) is 24.5 Å². The van der Waals surface area contributed by atoms with Crippen molar-refractivity contribution in [1.29, 1.82) is 0 Å². The van der Waals surface area contributed by atoms with Crippen molar-refractivity contribution >= 4 is 26.9 Å². The molecule has 1 aliphatic rings. The maximum absolute atomic E-state index is 13.4. The van der Waals surface area contributed by atoms with Crippen molar-refractivity contribution in [3.63, 3.8) is 0 Å². The molecule has 1 unspecified atom stereocenters. The molecular formula is C23H24FN7O2S. The van der Waals surface area contributed by atoms with E-state index in [0.717, 1.165) is 43.1 Å². The molecule has 0 bridgehead atoms. The Kier molecular flexibility index (Phi) is 5.98. The van der Waals surface area contributed by atoms with Crippen LogP contribution in [0.2, 0.25) is 0 Å². The molecule has 1 saturated heterocycles. The molecule has 1 aliphatic heterocycles. The average molecular weight is 482 g/mol. The SMILES string of the molecule is Nc1ncnc2c1c(-c1ccc(CNS(=O)(=O)c3cccc(F)c3)cc1)nn2C1CCCNC1. The van der Waals surface area contributed by atoms with Gasteiger partial charge in [-0.15, -0.1) is 0 Å². The second kappa shape index (κ2) is 9.09. The Morgan fingerprint density at radius 2 is 2.00 bits per heavy atom. The maximum atomic E-state index is 13.4. The minimum atomic E-state index is -3.83. The predicted octanol–water partition coefficient (Wildman–Crippen LogP) is 2.62. The number of halogens is 1. The van der Waals surface area contributed by atoms with Gasteiger partial charge in [-0.3, -0.25) is 0 Å². The van der Waals surface area contributed by atoms with Crippen LogP contribution < -0.4 is 15.8 Å². The van der Waals surface area contributed by atoms with Crippen molar-refractivity contribution in [2.75, 3.05) is 18.8 Å². The Balaban J connectivity index is 1.41. The number of piperidine rings is 1. The van der Waals surface area contributed by atoms with Crippen molar-refractivity contribution in [3.05, 3.63) is 66.2 Å². The molecule has 0 saturated carbocycles. The van der Waals surface area contributed by atoms with E-state index in [0.29, 0.717) is 22.5 Å². The first-order valence-corrected chi connectivity index (χ1v) is 12.4. The Morgan fingerprint density at radius 1 is 1.18 bits per heavy atom. The van der Waals surface area contributed by atoms with Crippen LogP contribution in [0.1, 0.15) is 24.4 Å². The molecule has 4 aromatic rings. The quantitative estimate of drug-likeness (QED) is 0.386. The lowest BCUT2D eigenvalue weighted by atomic mass is 10.1. The molecule has 2 aromatic heterocycles. The number of benzene rings is 2. The van der Waals surface area contributed by atoms with Gasteiger partial charge in [0.15, 0.2) is 5.65 Å². The summed E-state index contributed by atoms with van der Waals surface area (Å²) in [5, 5.41) is 8.95. The van der Waals surface area contributed by atoms with Crippen LogP contribution in [-0.4, -0.2) is 41.3 Å². The molecule has 3 heterocycles. The van der Waals surface area contributed by atoms with Gasteiger partial charge in [0, 0.05) is 18.7 Å². The van der Waals surface area contributed by atoms with E-state index < -0.39 is 15.8 Å². The summed E-state index contributed by atoms with van der Waals surface area (Å²) < 4.78 is 42.8. The summed E-state index contributed by atoms with van der Waals surface area (Å²) in [4.78, 5) is 8.49. The fraction of sp³-hybridized carbons (Fsp3) is 0.261. The molecule has 176 valence electrons. The van der Waals surface area contributed by atoms with Gasteiger partial charge < -0.3 is 11.1 Å². The van der Waals surface area contributed by atoms with E-state index in [-0.39, 0.29) is 17.5 Å². The summed E-state index contributed by atoms with van der Waals surface area (Å²) >= 11 is 0. The standard InChI is InChI=1S/C23H24FN7O2S/c24-17-3-1-5-19(11-17)34(32,33)29-12-15-6-8-16(9-7-15)21-20-22(25)27-14-28-23(20)31(30-21)18-4-2-10-26-13-18/h1,3,5-9,11,14,18,26,29H,2,4,10,12-13H2,(H2,25,27,28). The number of hydrogen-bond donors (Lipinski definition) is 3. The van der Waals surface area contributed by atoms with Crippen LogP contribution >= 0.6 is 0 Å². The van der Waals surface area contributed by atoms with E-state index in [9.17, 15) is 12.8 Å². The molecule has 11 heteroatoms. The Hall–Kier alpha value is -3.41. The first kappa shape index (κ1) is 22.4. The molecule has 5 rings (SSSR count). The zero-order valence-corrected chi connectivity index (χ0v) is 19.1. The van der Waals surface area contributed by atoms with Crippen LogP contribution in [0.5, 0.6) is 0 Å². The average Bonchev–Trinajstić information content (AvgIpc) is 3.25. The molecule has 0 spiro atoms. The lowest BCUT2D eigenvalue weighted by Crippen LogP contribution is -2.32. The largest absolute Gasteiger partial charge is 0.383 e. The van der Waals surface area contributed by atoms with Crippen LogP contribution in [0.25, 0.3) is 22.3 Å². The third-order valence-electron chi connectivity index (χ3n) is 5.93. The monoisotopic (exact) mass is 481 g/mol. The maximum Gasteiger partial charge on any atom is 0.240 e. The highest BCUT2D eigenvalue weighted by atomic mass is 32.2. The molecule has 0 aliphatic carbocycles. The van der Waals surface area contributed by atoms with Gasteiger partial charge in [-0.25, -0.2) is 32.2 Å². The highest BCUT2D eigenvalue weighted by molar-refractivity contribution is 7.89. The Morgan fingerprint density at radius 3 is 2.74 bits per heavy atom. The molecular weight excluding hydrogens is 457 g/mol. The number of rotatable bonds is 6. The Labute approximate surface area is 196 Å². The van der Waals surface area contributed by atoms with Crippen LogP contribution in [0.3, 0.4) is 0 Å². The molecule has 9 nitrogen and oxygen atoms in total. The van der Waals surface area contributed by atoms with Gasteiger partial charge in [0.05, 0.1) is 16.3 Å². The molecule has 0 amide bonds. The van der Waals surface area contributed by atoms with Crippen molar-refractivity contribution in [1.82, 2.24) is 29.8 Å². The molecule has 1 atom stereocenters. The number of hydrogen-bond acceptors (Lipinski definition) is 7. The van der Waals surface area contributed by atoms with E-state index in [1.807, 2.05) is 28.9 Å². The highest BCUT2D eigenvalue weighted by Gasteiger charge is 2.23. The summed E-state index contributed by atoms with van der Waals surface area (Å²) in [5.41, 5.74) is 9.16. The number of nitrogens with one attached hydrogen (secondary N) is 2. The van der Waals surface area contributed by atoms with Crippen LogP contribution in [0.4, 0.5) is 10.2 Å². The Bertz CT molecular complexity index is 1430. The van der Waals surface area contributed by atoms with Gasteiger partial charge >= 0.3 is 0 Å². The first-order valence-electron chi connectivity index (χ1n) is 11.0. The smallest absolute Gasteiger partial charge is 0.240 e. The summed E-state index contributed by atoms with van der Waals surface area (Å²) in [6, 6.07) is 12.4. The van der Waals surface area contributed by atoms with Crippen molar-refractivity contribution < 1.29 is 12.8 Å². The van der Waals surface area contributed by atoms with E-state index in [2.05, 4.69) is 20.0 Å². The number of nitrogen functional groups attached to an aromatic ring is 1. The first-order chi connectivity index (χ1) is 16.4. The van der Waals surface area contributed by atoms with Crippen LogP contribution in [0, 0.1) is 5.82 Å². The van der Waals surface area contributed by atoms with Crippen molar-refractivity contribution in [2.45, 2.75) is 30.3 Å². The summed E-state index contributed by atoms with van der Waals surface area (Å²) in [7, 11) is -3.83. The normalized spacial score (nSPS) is 16.7. The third-order valence-corrected chi connectivity index (χ3v) is 7.33. The molecule has 0 radical (unpaired) electrons. The van der Waals surface area contributed by atoms with Gasteiger partial charge in [-0.05, 0) is 43.1 Å². The lowest BCUT2D eigenvalue weighted by Gasteiger charge is -2.23. The minimum absolute atomic E-state index is 0.0628. The van der Waals surface area contributed by atoms with Crippen molar-refractivity contribution in [3.8, 4) is 11.3 Å². The predicted molar refractivity (Wildman–Crippen MR) is 127 cm³/mol. The zero-order valence-electron chi connectivity index (χ0n) is 18.3. The molecule has 34 heavy (non-hydrogen) atoms. The topological polar surface area (TPSA) is 128 Å². The number of sulfonamides is 1. The third kappa shape index (κ3) is 4.37. The van der Waals surface area contributed by atoms with E-state index in [4.69, 9.17) is 10.8 Å². The van der Waals surface area contributed by atoms with E-state index in [1.54, 1.807) is 0 Å². The van der Waals surface area contributed by atoms with Gasteiger partial charge in [0.1, 0.15) is 23.7 Å². The second-order valence-electron chi connectivity index (χ2n) is 8.23. The minimum Gasteiger partial charge on any atom is -0.383 e. The fourth-order valence-corrected chi connectivity index (χ4v) is 5.22. The summed E-state index contributed by atoms with van der Waals surface area (Å²) in [5.74, 6) is -0.242. The van der Waals surface area contributed by atoms with Crippen LogP contribution in [0.15, 0.2) is 59.8 Å². The molecule has 4 N–H and O–H groups in total. The number of anilines is 1. The number of nitrogens with zero attached hydrogens (tertiary/aromatic N) is 4. The summed E-state index contributed by atoms with van der Waals surface area (Å²) in [6.07, 6.45) is 3.50. The van der Waals surface area contributed by atoms with Crippen molar-refractivity contribution in [2.24, 2.45) is 0 Å². The lowest BCUT2D eigenvalue weighted by molar-refractivity contribution is 0.354. The fourth-order valence-electron chi connectivity index (χ4n) is 4.17. The van der Waals surface area contributed by atoms with Gasteiger partial charge in [0.2, 0.25) is 10.0 Å². The van der Waals surface area contributed by atoms with Gasteiger partial charge in [-0.2, -0.15) is 5.10 Å². The van der Waals surface area contributed by atoms with Gasteiger partial charge in [-0.1, -0.05) is 30.3 Å². The van der Waals surface area contributed by atoms with Gasteiger partial charge in [0.25, 0.3) is 0 Å². The second-order valence-corrected chi connectivity index (χ2v) is 10.00. The zero-order chi connectivity index (χ0) is 23.7. The number of nitrogens with two attached hydrogens (primary N) is 1. The summed E-state index contributed by atoms with van der Waals surface area (Å²) in [6.45, 7) is 1.86. The van der Waals surface area contributed by atoms with Crippen LogP contribution in [-0.2, 0) is 16.6 Å². The molecule has 1 fully saturated rings. The highest BCUT2D eigenvalue weighted by Crippen LogP contribution is 2.33. The number of aromatic nitrogens is 4. The molecule has 2 aromatic carbocycles.